The van der Waals surface area contributed by atoms with Crippen molar-refractivity contribution in [3.05, 3.63) is 28.3 Å². The van der Waals surface area contributed by atoms with E-state index in [1.807, 2.05) is 0 Å². The topological polar surface area (TPSA) is 99.7 Å². The van der Waals surface area contributed by atoms with Gasteiger partial charge in [0.1, 0.15) is 0 Å². The largest absolute Gasteiger partial charge is 0.490 e. The summed E-state index contributed by atoms with van der Waals surface area (Å²) in [6.45, 7) is 0.755. The van der Waals surface area contributed by atoms with Crippen LogP contribution in [0, 0.1) is 16.0 Å². The molecule has 1 aromatic carbocycles. The molecule has 4 atom stereocenters. The van der Waals surface area contributed by atoms with E-state index in [1.165, 1.54) is 13.2 Å². The zero-order chi connectivity index (χ0) is 14.3. The van der Waals surface area contributed by atoms with E-state index in [-0.39, 0.29) is 29.6 Å². The van der Waals surface area contributed by atoms with Crippen LogP contribution in [-0.2, 0) is 4.74 Å². The van der Waals surface area contributed by atoms with Gasteiger partial charge in [-0.25, -0.2) is 0 Å². The van der Waals surface area contributed by atoms with Crippen molar-refractivity contribution < 1.29 is 14.4 Å². The Balaban J connectivity index is 1.76. The Morgan fingerprint density at radius 1 is 1.55 bits per heavy atom. The number of nitrogens with one attached hydrogen (secondary N) is 1. The van der Waals surface area contributed by atoms with E-state index in [4.69, 9.17) is 15.2 Å². The van der Waals surface area contributed by atoms with E-state index in [2.05, 4.69) is 5.32 Å². The number of hydrogen-bond donors (Lipinski definition) is 2. The molecule has 1 aliphatic carbocycles. The SMILES string of the molecule is COc1cc(NC2C(N)C3CCOC32)ccc1[N+](=O)[O-]. The number of ether oxygens (including phenoxy) is 2. The molecule has 1 saturated carbocycles. The van der Waals surface area contributed by atoms with Gasteiger partial charge in [0, 0.05) is 36.4 Å². The molecule has 0 amide bonds. The van der Waals surface area contributed by atoms with Crippen molar-refractivity contribution in [2.24, 2.45) is 11.7 Å². The number of hydrogen-bond acceptors (Lipinski definition) is 6. The Hall–Kier alpha value is -1.86. The zero-order valence-corrected chi connectivity index (χ0v) is 11.1. The first kappa shape index (κ1) is 13.1. The van der Waals surface area contributed by atoms with Crippen LogP contribution >= 0.6 is 0 Å². The first-order chi connectivity index (χ1) is 9.61. The van der Waals surface area contributed by atoms with Crippen molar-refractivity contribution in [3.63, 3.8) is 0 Å². The predicted octanol–water partition coefficient (Wildman–Crippen LogP) is 1.13. The summed E-state index contributed by atoms with van der Waals surface area (Å²) < 4.78 is 10.7. The summed E-state index contributed by atoms with van der Waals surface area (Å²) in [4.78, 5) is 10.4. The van der Waals surface area contributed by atoms with Gasteiger partial charge in [-0.1, -0.05) is 0 Å². The Morgan fingerprint density at radius 3 is 3.05 bits per heavy atom. The molecule has 4 unspecified atom stereocenters. The lowest BCUT2D eigenvalue weighted by Crippen LogP contribution is -2.65. The van der Waals surface area contributed by atoms with Crippen LogP contribution in [0.1, 0.15) is 6.42 Å². The number of rotatable bonds is 4. The molecular formula is C13H17N3O4. The molecule has 0 bridgehead atoms. The van der Waals surface area contributed by atoms with Crippen LogP contribution in [-0.4, -0.2) is 36.8 Å². The third-order valence-corrected chi connectivity index (χ3v) is 4.16. The number of anilines is 1. The van der Waals surface area contributed by atoms with Crippen LogP contribution in [0.3, 0.4) is 0 Å². The van der Waals surface area contributed by atoms with Gasteiger partial charge in [0.05, 0.1) is 24.2 Å². The summed E-state index contributed by atoms with van der Waals surface area (Å²) in [6, 6.07) is 4.82. The number of fused-ring (bicyclic) bond motifs is 1. The van der Waals surface area contributed by atoms with Gasteiger partial charge in [-0.05, 0) is 12.5 Å². The monoisotopic (exact) mass is 279 g/mol. The van der Waals surface area contributed by atoms with Crippen molar-refractivity contribution in [3.8, 4) is 5.75 Å². The molecule has 1 aliphatic heterocycles. The molecule has 0 aromatic heterocycles. The standard InChI is InChI=1S/C13H17N3O4/c1-19-10-6-7(2-3-9(10)16(17)18)15-12-11(14)8-4-5-20-13(8)12/h2-3,6,8,11-13,15H,4-5,14H2,1H3. The fraction of sp³-hybridized carbons (Fsp3) is 0.538. The molecule has 108 valence electrons. The van der Waals surface area contributed by atoms with E-state index >= 15 is 0 Å². The van der Waals surface area contributed by atoms with Crippen LogP contribution in [0.2, 0.25) is 0 Å². The van der Waals surface area contributed by atoms with Crippen LogP contribution in [0.25, 0.3) is 0 Å². The van der Waals surface area contributed by atoms with Gasteiger partial charge in [0.2, 0.25) is 0 Å². The van der Waals surface area contributed by atoms with Crippen LogP contribution in [0.4, 0.5) is 11.4 Å². The van der Waals surface area contributed by atoms with E-state index in [9.17, 15) is 10.1 Å². The van der Waals surface area contributed by atoms with Crippen molar-refractivity contribution in [1.82, 2.24) is 0 Å². The van der Waals surface area contributed by atoms with E-state index in [0.29, 0.717) is 5.92 Å². The number of nitrogens with two attached hydrogens (primary N) is 1. The highest BCUT2D eigenvalue weighted by Gasteiger charge is 2.52. The minimum Gasteiger partial charge on any atom is -0.490 e. The lowest BCUT2D eigenvalue weighted by molar-refractivity contribution is -0.385. The molecule has 1 aromatic rings. The molecule has 0 radical (unpaired) electrons. The van der Waals surface area contributed by atoms with Gasteiger partial charge >= 0.3 is 5.69 Å². The van der Waals surface area contributed by atoms with Gasteiger partial charge < -0.3 is 20.5 Å². The van der Waals surface area contributed by atoms with Gasteiger partial charge in [0.25, 0.3) is 0 Å². The highest BCUT2D eigenvalue weighted by molar-refractivity contribution is 5.58. The van der Waals surface area contributed by atoms with Gasteiger partial charge in [0.15, 0.2) is 5.75 Å². The van der Waals surface area contributed by atoms with Crippen molar-refractivity contribution in [2.45, 2.75) is 24.6 Å². The minimum absolute atomic E-state index is 0.0497. The van der Waals surface area contributed by atoms with E-state index < -0.39 is 4.92 Å². The summed E-state index contributed by atoms with van der Waals surface area (Å²) in [5, 5.41) is 14.1. The van der Waals surface area contributed by atoms with Crippen LogP contribution in [0.15, 0.2) is 18.2 Å². The molecule has 7 nitrogen and oxygen atoms in total. The van der Waals surface area contributed by atoms with Gasteiger partial charge in [-0.3, -0.25) is 10.1 Å². The average Bonchev–Trinajstić information content (AvgIpc) is 2.89. The minimum atomic E-state index is -0.464. The van der Waals surface area contributed by atoms with Crippen molar-refractivity contribution in [2.75, 3.05) is 19.0 Å². The lowest BCUT2D eigenvalue weighted by atomic mass is 9.72. The Labute approximate surface area is 116 Å². The smallest absolute Gasteiger partial charge is 0.311 e. The second-order valence-electron chi connectivity index (χ2n) is 5.18. The Kier molecular flexibility index (Phi) is 3.23. The zero-order valence-electron chi connectivity index (χ0n) is 11.1. The fourth-order valence-electron chi connectivity index (χ4n) is 3.04. The predicted molar refractivity (Wildman–Crippen MR) is 72.9 cm³/mol. The number of nitrogens with zero attached hydrogens (tertiary/aromatic N) is 1. The number of methoxy groups -OCH3 is 1. The molecule has 1 saturated heterocycles. The first-order valence-corrected chi connectivity index (χ1v) is 6.58. The normalized spacial score (nSPS) is 31.3. The van der Waals surface area contributed by atoms with Gasteiger partial charge in [-0.2, -0.15) is 0 Å². The maximum Gasteiger partial charge on any atom is 0.311 e. The summed E-state index contributed by atoms with van der Waals surface area (Å²) in [5.41, 5.74) is 6.82. The molecule has 0 spiro atoms. The lowest BCUT2D eigenvalue weighted by Gasteiger charge is -2.46. The number of benzene rings is 1. The molecule has 2 fully saturated rings. The fourth-order valence-corrected chi connectivity index (χ4v) is 3.04. The first-order valence-electron chi connectivity index (χ1n) is 6.58. The molecule has 3 N–H and O–H groups in total. The van der Waals surface area contributed by atoms with Gasteiger partial charge in [-0.15, -0.1) is 0 Å². The van der Waals surface area contributed by atoms with E-state index in [1.54, 1.807) is 12.1 Å². The second kappa shape index (κ2) is 4.92. The third-order valence-electron chi connectivity index (χ3n) is 4.16. The van der Waals surface area contributed by atoms with Crippen LogP contribution in [0.5, 0.6) is 5.75 Å². The molecule has 3 rings (SSSR count). The second-order valence-corrected chi connectivity index (χ2v) is 5.18. The average molecular weight is 279 g/mol. The summed E-state index contributed by atoms with van der Waals surface area (Å²) in [6.07, 6.45) is 1.15. The third kappa shape index (κ3) is 1.99. The van der Waals surface area contributed by atoms with Crippen LogP contribution < -0.4 is 15.8 Å². The van der Waals surface area contributed by atoms with E-state index in [0.717, 1.165) is 18.7 Å². The summed E-state index contributed by atoms with van der Waals surface area (Å²) in [5.74, 6) is 0.657. The quantitative estimate of drug-likeness (QED) is 0.633. The number of nitro benzene ring substituents is 1. The number of nitro groups is 1. The maximum absolute atomic E-state index is 10.8. The van der Waals surface area contributed by atoms with Crippen molar-refractivity contribution >= 4 is 11.4 Å². The molecule has 2 aliphatic rings. The summed E-state index contributed by atoms with van der Waals surface area (Å²) >= 11 is 0. The van der Waals surface area contributed by atoms with Crippen molar-refractivity contribution in [1.29, 1.82) is 0 Å². The highest BCUT2D eigenvalue weighted by Crippen LogP contribution is 2.40. The molecular weight excluding hydrogens is 262 g/mol. The molecule has 20 heavy (non-hydrogen) atoms. The molecule has 1 heterocycles. The Bertz CT molecular complexity index is 536. The molecule has 7 heteroatoms. The highest BCUT2D eigenvalue weighted by atomic mass is 16.6. The summed E-state index contributed by atoms with van der Waals surface area (Å²) in [7, 11) is 1.41. The maximum atomic E-state index is 10.8. The Morgan fingerprint density at radius 2 is 2.35 bits per heavy atom.